The molecule has 15 heavy (non-hydrogen) atoms. The highest BCUT2D eigenvalue weighted by atomic mass is 32.1. The summed E-state index contributed by atoms with van der Waals surface area (Å²) in [4.78, 5) is 16.9. The number of thiophene rings is 1. The number of nitrogens with zero attached hydrogens (tertiary/aromatic N) is 1. The second kappa shape index (κ2) is 3.95. The predicted octanol–water partition coefficient (Wildman–Crippen LogP) is 2.99. The number of aromatic nitrogens is 1. The van der Waals surface area contributed by atoms with Crippen LogP contribution in [-0.2, 0) is 0 Å². The minimum Gasteiger partial charge on any atom is -0.288 e. The van der Waals surface area contributed by atoms with Gasteiger partial charge >= 0.3 is 0 Å². The summed E-state index contributed by atoms with van der Waals surface area (Å²) in [5.74, 6) is 0.0648. The molecule has 0 unspecified atom stereocenters. The summed E-state index contributed by atoms with van der Waals surface area (Å²) in [6.07, 6.45) is 1.64. The molecule has 0 aliphatic heterocycles. The first-order valence-corrected chi connectivity index (χ1v) is 5.58. The highest BCUT2D eigenvalue weighted by molar-refractivity contribution is 7.12. The van der Waals surface area contributed by atoms with Crippen molar-refractivity contribution in [3.8, 4) is 0 Å². The first kappa shape index (κ1) is 10.1. The predicted molar refractivity (Wildman–Crippen MR) is 61.5 cm³/mol. The Balaban J connectivity index is 2.37. The lowest BCUT2D eigenvalue weighted by Gasteiger charge is -1.99. The zero-order chi connectivity index (χ0) is 10.8. The molecule has 0 saturated heterocycles. The Morgan fingerprint density at radius 1 is 1.27 bits per heavy atom. The van der Waals surface area contributed by atoms with Gasteiger partial charge in [0.25, 0.3) is 0 Å². The molecular weight excluding hydrogens is 206 g/mol. The monoisotopic (exact) mass is 217 g/mol. The molecule has 0 bridgehead atoms. The Bertz CT molecular complexity index is 485. The summed E-state index contributed by atoms with van der Waals surface area (Å²) in [6.45, 7) is 3.86. The number of pyridine rings is 1. The third-order valence-corrected chi connectivity index (χ3v) is 3.26. The van der Waals surface area contributed by atoms with E-state index >= 15 is 0 Å². The fourth-order valence-electron chi connectivity index (χ4n) is 1.34. The van der Waals surface area contributed by atoms with E-state index < -0.39 is 0 Å². The van der Waals surface area contributed by atoms with Gasteiger partial charge in [-0.15, -0.1) is 11.3 Å². The van der Waals surface area contributed by atoms with Gasteiger partial charge in [-0.3, -0.25) is 9.78 Å². The second-order valence-electron chi connectivity index (χ2n) is 3.45. The average Bonchev–Trinajstić information content (AvgIpc) is 2.65. The van der Waals surface area contributed by atoms with E-state index in [9.17, 15) is 4.79 Å². The lowest BCUT2D eigenvalue weighted by atomic mass is 10.1. The van der Waals surface area contributed by atoms with Crippen LogP contribution in [0.5, 0.6) is 0 Å². The van der Waals surface area contributed by atoms with Gasteiger partial charge in [0.05, 0.1) is 4.88 Å². The highest BCUT2D eigenvalue weighted by Gasteiger charge is 2.12. The zero-order valence-electron chi connectivity index (χ0n) is 8.65. The number of rotatable bonds is 2. The van der Waals surface area contributed by atoms with Crippen molar-refractivity contribution in [1.82, 2.24) is 4.98 Å². The Morgan fingerprint density at radius 2 is 2.07 bits per heavy atom. The molecule has 2 nitrogen and oxygen atoms in total. The van der Waals surface area contributed by atoms with Gasteiger partial charge in [-0.1, -0.05) is 0 Å². The maximum Gasteiger partial charge on any atom is 0.204 e. The minimum atomic E-state index is 0.0648. The zero-order valence-corrected chi connectivity index (χ0v) is 9.47. The number of carbonyl (C=O) groups excluding carboxylic acids is 1. The molecule has 0 saturated carbocycles. The normalized spacial score (nSPS) is 10.3. The second-order valence-corrected chi connectivity index (χ2v) is 4.37. The Kier molecular flexibility index (Phi) is 2.64. The first-order chi connectivity index (χ1) is 7.18. The van der Waals surface area contributed by atoms with E-state index in [4.69, 9.17) is 0 Å². The van der Waals surface area contributed by atoms with Gasteiger partial charge in [-0.25, -0.2) is 0 Å². The van der Waals surface area contributed by atoms with Crippen LogP contribution in [0.15, 0.2) is 29.8 Å². The molecule has 0 aromatic carbocycles. The minimum absolute atomic E-state index is 0.0648. The summed E-state index contributed by atoms with van der Waals surface area (Å²) >= 11 is 1.48. The van der Waals surface area contributed by atoms with Gasteiger partial charge < -0.3 is 0 Å². The fraction of sp³-hybridized carbons (Fsp3) is 0.167. The van der Waals surface area contributed by atoms with Crippen LogP contribution in [0.1, 0.15) is 26.5 Å². The topological polar surface area (TPSA) is 30.0 Å². The smallest absolute Gasteiger partial charge is 0.204 e. The van der Waals surface area contributed by atoms with Crippen molar-refractivity contribution >= 4 is 17.1 Å². The Morgan fingerprint density at radius 3 is 2.60 bits per heavy atom. The molecular formula is C12H11NOS. The SMILES string of the molecule is Cc1ccc(C(=O)c2sccc2C)cn1. The number of aryl methyl sites for hydroxylation is 2. The number of hydrogen-bond acceptors (Lipinski definition) is 3. The molecule has 2 heterocycles. The highest BCUT2D eigenvalue weighted by Crippen LogP contribution is 2.19. The summed E-state index contributed by atoms with van der Waals surface area (Å²) in [5, 5.41) is 1.93. The molecule has 2 aromatic rings. The molecule has 2 rings (SSSR count). The fourth-order valence-corrected chi connectivity index (χ4v) is 2.23. The van der Waals surface area contributed by atoms with Crippen molar-refractivity contribution < 1.29 is 4.79 Å². The van der Waals surface area contributed by atoms with E-state index in [2.05, 4.69) is 4.98 Å². The number of ketones is 1. The van der Waals surface area contributed by atoms with Crippen molar-refractivity contribution in [3.05, 3.63) is 51.5 Å². The summed E-state index contributed by atoms with van der Waals surface area (Å²) in [5.41, 5.74) is 2.62. The van der Waals surface area contributed by atoms with Gasteiger partial charge in [0, 0.05) is 17.5 Å². The van der Waals surface area contributed by atoms with E-state index in [-0.39, 0.29) is 5.78 Å². The molecule has 0 radical (unpaired) electrons. The third-order valence-electron chi connectivity index (χ3n) is 2.24. The first-order valence-electron chi connectivity index (χ1n) is 4.70. The van der Waals surface area contributed by atoms with Crippen molar-refractivity contribution in [3.63, 3.8) is 0 Å². The van der Waals surface area contributed by atoms with Crippen LogP contribution in [0.3, 0.4) is 0 Å². The largest absolute Gasteiger partial charge is 0.288 e. The molecule has 0 aliphatic rings. The van der Waals surface area contributed by atoms with Crippen LogP contribution < -0.4 is 0 Å². The lowest BCUT2D eigenvalue weighted by Crippen LogP contribution is -2.01. The maximum atomic E-state index is 12.0. The quantitative estimate of drug-likeness (QED) is 0.724. The van der Waals surface area contributed by atoms with Gasteiger partial charge in [0.2, 0.25) is 5.78 Å². The van der Waals surface area contributed by atoms with Crippen LogP contribution in [0.2, 0.25) is 0 Å². The molecule has 76 valence electrons. The molecule has 0 aliphatic carbocycles. The number of carbonyl (C=O) groups is 1. The van der Waals surface area contributed by atoms with E-state index in [0.29, 0.717) is 5.56 Å². The van der Waals surface area contributed by atoms with Crippen LogP contribution in [0.25, 0.3) is 0 Å². The molecule has 0 amide bonds. The maximum absolute atomic E-state index is 12.0. The van der Waals surface area contributed by atoms with Crippen LogP contribution in [0, 0.1) is 13.8 Å². The van der Waals surface area contributed by atoms with Crippen LogP contribution in [0.4, 0.5) is 0 Å². The lowest BCUT2D eigenvalue weighted by molar-refractivity contribution is 0.104. The number of hydrogen-bond donors (Lipinski definition) is 0. The van der Waals surface area contributed by atoms with E-state index in [1.807, 2.05) is 37.4 Å². The molecule has 0 atom stereocenters. The van der Waals surface area contributed by atoms with Crippen LogP contribution >= 0.6 is 11.3 Å². The summed E-state index contributed by atoms with van der Waals surface area (Å²) < 4.78 is 0. The van der Waals surface area contributed by atoms with Gasteiger partial charge in [-0.05, 0) is 43.0 Å². The van der Waals surface area contributed by atoms with Crippen molar-refractivity contribution in [2.24, 2.45) is 0 Å². The summed E-state index contributed by atoms with van der Waals surface area (Å²) in [6, 6.07) is 5.64. The van der Waals surface area contributed by atoms with Gasteiger partial charge in [0.1, 0.15) is 0 Å². The van der Waals surface area contributed by atoms with E-state index in [0.717, 1.165) is 16.1 Å². The Hall–Kier alpha value is -1.48. The van der Waals surface area contributed by atoms with Gasteiger partial charge in [-0.2, -0.15) is 0 Å². The van der Waals surface area contributed by atoms with E-state index in [1.54, 1.807) is 6.20 Å². The van der Waals surface area contributed by atoms with Gasteiger partial charge in [0.15, 0.2) is 0 Å². The molecule has 3 heteroatoms. The summed E-state index contributed by atoms with van der Waals surface area (Å²) in [7, 11) is 0. The standard InChI is InChI=1S/C12H11NOS/c1-8-5-6-15-12(8)11(14)10-4-3-9(2)13-7-10/h3-7H,1-2H3. The van der Waals surface area contributed by atoms with Crippen molar-refractivity contribution in [2.45, 2.75) is 13.8 Å². The Labute approximate surface area is 92.6 Å². The van der Waals surface area contributed by atoms with E-state index in [1.165, 1.54) is 11.3 Å². The average molecular weight is 217 g/mol. The van der Waals surface area contributed by atoms with Crippen molar-refractivity contribution in [1.29, 1.82) is 0 Å². The third kappa shape index (κ3) is 1.97. The molecule has 2 aromatic heterocycles. The molecule has 0 N–H and O–H groups in total. The molecule has 0 spiro atoms. The molecule has 0 fully saturated rings. The van der Waals surface area contributed by atoms with Crippen molar-refractivity contribution in [2.75, 3.05) is 0 Å². The van der Waals surface area contributed by atoms with Crippen LogP contribution in [-0.4, -0.2) is 10.8 Å².